The molecule has 1 rings (SSSR count). The fraction of sp³-hybridized carbons (Fsp3) is 0.818. The molecule has 0 aliphatic heterocycles. The molecule has 1 saturated carbocycles. The predicted octanol–water partition coefficient (Wildman–Crippen LogP) is 1.46. The van der Waals surface area contributed by atoms with Crippen LogP contribution in [-0.4, -0.2) is 32.3 Å². The number of rotatable bonds is 3. The number of amides is 1. The Hall–Kier alpha value is -1.26. The minimum absolute atomic E-state index is 0.149. The summed E-state index contributed by atoms with van der Waals surface area (Å²) in [5.41, 5.74) is 0. The van der Waals surface area contributed by atoms with Crippen molar-refractivity contribution in [2.75, 3.05) is 14.2 Å². The van der Waals surface area contributed by atoms with Gasteiger partial charge in [-0.25, -0.2) is 4.79 Å². The van der Waals surface area contributed by atoms with Crippen LogP contribution in [0.15, 0.2) is 0 Å². The summed E-state index contributed by atoms with van der Waals surface area (Å²) in [5.74, 6) is 0.243. The van der Waals surface area contributed by atoms with Gasteiger partial charge in [-0.2, -0.15) is 0 Å². The number of carbonyl (C=O) groups excluding carboxylic acids is 2. The van der Waals surface area contributed by atoms with E-state index in [0.717, 1.165) is 25.7 Å². The van der Waals surface area contributed by atoms with Crippen LogP contribution in [-0.2, 0) is 14.3 Å². The molecule has 1 N–H and O–H groups in total. The van der Waals surface area contributed by atoms with E-state index in [0.29, 0.717) is 12.3 Å². The Kier molecular flexibility index (Phi) is 5.08. The van der Waals surface area contributed by atoms with E-state index < -0.39 is 0 Å². The number of carbonyl (C=O) groups is 2. The van der Waals surface area contributed by atoms with Crippen LogP contribution in [0.25, 0.3) is 0 Å². The molecule has 5 heteroatoms. The van der Waals surface area contributed by atoms with Crippen molar-refractivity contribution in [2.45, 2.75) is 38.1 Å². The fourth-order valence-corrected chi connectivity index (χ4v) is 2.06. The van der Waals surface area contributed by atoms with E-state index in [9.17, 15) is 9.59 Å². The van der Waals surface area contributed by atoms with Crippen molar-refractivity contribution in [3.63, 3.8) is 0 Å². The van der Waals surface area contributed by atoms with Crippen LogP contribution in [0.3, 0.4) is 0 Å². The van der Waals surface area contributed by atoms with Gasteiger partial charge in [0.05, 0.1) is 14.2 Å². The van der Waals surface area contributed by atoms with Crippen LogP contribution in [0.5, 0.6) is 0 Å². The molecule has 1 aliphatic carbocycles. The van der Waals surface area contributed by atoms with Gasteiger partial charge in [-0.05, 0) is 31.6 Å². The van der Waals surface area contributed by atoms with Crippen molar-refractivity contribution < 1.29 is 19.1 Å². The van der Waals surface area contributed by atoms with Gasteiger partial charge in [0.25, 0.3) is 0 Å². The molecule has 0 atom stereocenters. The lowest BCUT2D eigenvalue weighted by Crippen LogP contribution is -2.37. The molecular weight excluding hydrogens is 210 g/mol. The smallest absolute Gasteiger partial charge is 0.407 e. The van der Waals surface area contributed by atoms with E-state index in [1.54, 1.807) is 0 Å². The molecule has 0 aromatic heterocycles. The predicted molar refractivity (Wildman–Crippen MR) is 57.9 cm³/mol. The van der Waals surface area contributed by atoms with E-state index in [1.165, 1.54) is 14.2 Å². The number of esters is 1. The molecule has 0 saturated heterocycles. The third kappa shape index (κ3) is 4.08. The zero-order chi connectivity index (χ0) is 12.0. The Morgan fingerprint density at radius 2 is 1.75 bits per heavy atom. The first-order valence-corrected chi connectivity index (χ1v) is 5.57. The molecule has 0 radical (unpaired) electrons. The van der Waals surface area contributed by atoms with Gasteiger partial charge in [0, 0.05) is 12.5 Å². The van der Waals surface area contributed by atoms with Crippen molar-refractivity contribution in [1.29, 1.82) is 0 Å². The minimum Gasteiger partial charge on any atom is -0.469 e. The van der Waals surface area contributed by atoms with E-state index in [-0.39, 0.29) is 18.1 Å². The summed E-state index contributed by atoms with van der Waals surface area (Å²) in [5, 5.41) is 2.78. The zero-order valence-corrected chi connectivity index (χ0v) is 9.82. The van der Waals surface area contributed by atoms with E-state index >= 15 is 0 Å². The highest BCUT2D eigenvalue weighted by Gasteiger charge is 2.24. The maximum Gasteiger partial charge on any atom is 0.407 e. The van der Waals surface area contributed by atoms with Crippen molar-refractivity contribution in [2.24, 2.45) is 5.92 Å². The Bertz CT molecular complexity index is 220. The van der Waals surface area contributed by atoms with E-state index in [1.807, 2.05) is 0 Å². The van der Waals surface area contributed by atoms with Gasteiger partial charge < -0.3 is 14.8 Å². The second-order valence-corrected chi connectivity index (χ2v) is 4.13. The monoisotopic (exact) mass is 229 g/mol. The van der Waals surface area contributed by atoms with Crippen LogP contribution >= 0.6 is 0 Å². The molecular formula is C11H19NO4. The highest BCUT2D eigenvalue weighted by molar-refractivity contribution is 5.69. The second kappa shape index (κ2) is 6.35. The molecule has 0 aromatic carbocycles. The summed E-state index contributed by atoms with van der Waals surface area (Å²) < 4.78 is 9.17. The minimum atomic E-state index is -0.378. The Morgan fingerprint density at radius 3 is 2.25 bits per heavy atom. The van der Waals surface area contributed by atoms with Gasteiger partial charge >= 0.3 is 12.1 Å². The normalized spacial score (nSPS) is 24.6. The molecule has 1 fully saturated rings. The van der Waals surface area contributed by atoms with Gasteiger partial charge in [0.1, 0.15) is 0 Å². The van der Waals surface area contributed by atoms with Crippen LogP contribution in [0.1, 0.15) is 32.1 Å². The van der Waals surface area contributed by atoms with Crippen LogP contribution in [0.4, 0.5) is 4.79 Å². The van der Waals surface area contributed by atoms with Crippen molar-refractivity contribution in [1.82, 2.24) is 5.32 Å². The Morgan fingerprint density at radius 1 is 1.12 bits per heavy atom. The lowest BCUT2D eigenvalue weighted by atomic mass is 9.84. The average molecular weight is 229 g/mol. The van der Waals surface area contributed by atoms with E-state index in [4.69, 9.17) is 0 Å². The summed E-state index contributed by atoms with van der Waals surface area (Å²) in [6.45, 7) is 0. The van der Waals surface area contributed by atoms with Crippen LogP contribution < -0.4 is 5.32 Å². The molecule has 5 nitrogen and oxygen atoms in total. The second-order valence-electron chi connectivity index (χ2n) is 4.13. The third-order valence-electron chi connectivity index (χ3n) is 3.04. The first-order valence-electron chi connectivity index (χ1n) is 5.57. The lowest BCUT2D eigenvalue weighted by molar-refractivity contribution is -0.142. The van der Waals surface area contributed by atoms with Gasteiger partial charge in [0.2, 0.25) is 0 Å². The Labute approximate surface area is 95.5 Å². The number of hydrogen-bond donors (Lipinski definition) is 1. The quantitative estimate of drug-likeness (QED) is 0.744. The SMILES string of the molecule is COC(=O)CC1CCC(NC(=O)OC)CC1. The summed E-state index contributed by atoms with van der Waals surface area (Å²) in [6.07, 6.45) is 3.80. The Balaban J connectivity index is 2.23. The standard InChI is InChI=1S/C11H19NO4/c1-15-10(13)7-8-3-5-9(6-4-8)12-11(14)16-2/h8-9H,3-7H2,1-2H3,(H,12,14). The molecule has 0 unspecified atom stereocenters. The molecule has 0 aromatic rings. The highest BCUT2D eigenvalue weighted by Crippen LogP contribution is 2.27. The van der Waals surface area contributed by atoms with Gasteiger partial charge in [0.15, 0.2) is 0 Å². The summed E-state index contributed by atoms with van der Waals surface area (Å²) in [7, 11) is 2.77. The topological polar surface area (TPSA) is 64.6 Å². The van der Waals surface area contributed by atoms with E-state index in [2.05, 4.69) is 14.8 Å². The molecule has 1 aliphatic rings. The third-order valence-corrected chi connectivity index (χ3v) is 3.04. The van der Waals surface area contributed by atoms with Crippen molar-refractivity contribution in [3.8, 4) is 0 Å². The maximum absolute atomic E-state index is 11.1. The summed E-state index contributed by atoms with van der Waals surface area (Å²) in [4.78, 5) is 22.1. The lowest BCUT2D eigenvalue weighted by Gasteiger charge is -2.27. The maximum atomic E-state index is 11.1. The van der Waals surface area contributed by atoms with Gasteiger partial charge in [-0.1, -0.05) is 0 Å². The first-order chi connectivity index (χ1) is 7.65. The number of hydrogen-bond acceptors (Lipinski definition) is 4. The molecule has 0 heterocycles. The number of alkyl carbamates (subject to hydrolysis) is 1. The molecule has 1 amide bonds. The summed E-state index contributed by atoms with van der Waals surface area (Å²) >= 11 is 0. The zero-order valence-electron chi connectivity index (χ0n) is 9.82. The molecule has 0 bridgehead atoms. The van der Waals surface area contributed by atoms with Crippen molar-refractivity contribution in [3.05, 3.63) is 0 Å². The van der Waals surface area contributed by atoms with Crippen LogP contribution in [0.2, 0.25) is 0 Å². The largest absolute Gasteiger partial charge is 0.469 e. The molecule has 0 spiro atoms. The molecule has 92 valence electrons. The molecule has 16 heavy (non-hydrogen) atoms. The van der Waals surface area contributed by atoms with Gasteiger partial charge in [-0.15, -0.1) is 0 Å². The van der Waals surface area contributed by atoms with Crippen LogP contribution in [0, 0.1) is 5.92 Å². The first kappa shape index (κ1) is 12.8. The van der Waals surface area contributed by atoms with Crippen molar-refractivity contribution >= 4 is 12.1 Å². The average Bonchev–Trinajstić information content (AvgIpc) is 2.31. The number of methoxy groups -OCH3 is 2. The summed E-state index contributed by atoms with van der Waals surface area (Å²) in [6, 6.07) is 0.182. The number of ether oxygens (including phenoxy) is 2. The highest BCUT2D eigenvalue weighted by atomic mass is 16.5. The fourth-order valence-electron chi connectivity index (χ4n) is 2.06. The van der Waals surface area contributed by atoms with Gasteiger partial charge in [-0.3, -0.25) is 4.79 Å². The number of nitrogens with one attached hydrogen (secondary N) is 1.